The Morgan fingerprint density at radius 1 is 1.44 bits per heavy atom. The summed E-state index contributed by atoms with van der Waals surface area (Å²) in [5, 5.41) is 6.60. The van der Waals surface area contributed by atoms with Crippen LogP contribution in [0.1, 0.15) is 38.1 Å². The van der Waals surface area contributed by atoms with Gasteiger partial charge in [0.1, 0.15) is 4.90 Å². The molecule has 0 aromatic carbocycles. The van der Waals surface area contributed by atoms with Crippen molar-refractivity contribution < 1.29 is 8.42 Å². The number of aromatic amines is 1. The highest BCUT2D eigenvalue weighted by Gasteiger charge is 2.31. The molecule has 0 aliphatic heterocycles. The van der Waals surface area contributed by atoms with Gasteiger partial charge in [0.25, 0.3) is 0 Å². The maximum absolute atomic E-state index is 12.4. The van der Waals surface area contributed by atoms with Crippen LogP contribution in [0.15, 0.2) is 4.90 Å². The number of rotatable bonds is 6. The van der Waals surface area contributed by atoms with E-state index in [2.05, 4.69) is 14.9 Å². The van der Waals surface area contributed by atoms with E-state index >= 15 is 0 Å². The van der Waals surface area contributed by atoms with E-state index in [1.54, 1.807) is 13.8 Å². The van der Waals surface area contributed by atoms with Crippen LogP contribution >= 0.6 is 0 Å². The highest BCUT2D eigenvalue weighted by Crippen LogP contribution is 2.22. The van der Waals surface area contributed by atoms with Crippen LogP contribution in [-0.4, -0.2) is 30.7 Å². The molecule has 1 aromatic heterocycles. The monoisotopic (exact) mass is 274 g/mol. The topological polar surface area (TPSA) is 101 Å². The van der Waals surface area contributed by atoms with E-state index in [0.717, 1.165) is 0 Å². The SMILES string of the molecule is CCC(C)(CCN)NS(=O)(=O)c1c(C)n[nH]c1C. The van der Waals surface area contributed by atoms with Crippen LogP contribution in [-0.2, 0) is 10.0 Å². The summed E-state index contributed by atoms with van der Waals surface area (Å²) in [5.74, 6) is 0. The molecule has 0 saturated heterocycles. The number of nitrogens with zero attached hydrogens (tertiary/aromatic N) is 1. The standard InChI is InChI=1S/C11H22N4O2S/c1-5-11(4,6-7-12)15-18(16,17)10-8(2)13-14-9(10)3/h15H,5-7,12H2,1-4H3,(H,13,14). The second-order valence-corrected chi connectivity index (χ2v) is 6.44. The quantitative estimate of drug-likeness (QED) is 0.715. The summed E-state index contributed by atoms with van der Waals surface area (Å²) in [6.45, 7) is 7.61. The molecule has 0 aliphatic rings. The third kappa shape index (κ3) is 3.09. The molecular formula is C11H22N4O2S. The van der Waals surface area contributed by atoms with Crippen molar-refractivity contribution in [2.45, 2.75) is 51.0 Å². The summed E-state index contributed by atoms with van der Waals surface area (Å²) in [7, 11) is -3.57. The minimum Gasteiger partial charge on any atom is -0.330 e. The van der Waals surface area contributed by atoms with E-state index < -0.39 is 15.6 Å². The van der Waals surface area contributed by atoms with Gasteiger partial charge in [0, 0.05) is 5.54 Å². The molecule has 7 heteroatoms. The summed E-state index contributed by atoms with van der Waals surface area (Å²) in [5.41, 5.74) is 6.04. The van der Waals surface area contributed by atoms with Gasteiger partial charge < -0.3 is 5.73 Å². The Kier molecular flexibility index (Phi) is 4.52. The van der Waals surface area contributed by atoms with Crippen molar-refractivity contribution in [2.75, 3.05) is 6.54 Å². The lowest BCUT2D eigenvalue weighted by Gasteiger charge is -2.28. The van der Waals surface area contributed by atoms with E-state index in [1.165, 1.54) is 0 Å². The van der Waals surface area contributed by atoms with Gasteiger partial charge >= 0.3 is 0 Å². The molecule has 0 bridgehead atoms. The Labute approximate surface area is 108 Å². The smallest absolute Gasteiger partial charge is 0.244 e. The van der Waals surface area contributed by atoms with Crippen LogP contribution < -0.4 is 10.5 Å². The van der Waals surface area contributed by atoms with E-state index in [-0.39, 0.29) is 4.90 Å². The Bertz CT molecular complexity index is 490. The van der Waals surface area contributed by atoms with Crippen LogP contribution in [0.4, 0.5) is 0 Å². The molecule has 0 saturated carbocycles. The fraction of sp³-hybridized carbons (Fsp3) is 0.727. The van der Waals surface area contributed by atoms with Gasteiger partial charge in [0.2, 0.25) is 10.0 Å². The first-order valence-electron chi connectivity index (χ1n) is 6.01. The van der Waals surface area contributed by atoms with Crippen molar-refractivity contribution in [2.24, 2.45) is 5.73 Å². The molecule has 6 nitrogen and oxygen atoms in total. The predicted octanol–water partition coefficient (Wildman–Crippen LogP) is 0.822. The van der Waals surface area contributed by atoms with E-state index in [1.807, 2.05) is 13.8 Å². The van der Waals surface area contributed by atoms with Gasteiger partial charge in [-0.2, -0.15) is 5.10 Å². The predicted molar refractivity (Wildman–Crippen MR) is 70.8 cm³/mol. The van der Waals surface area contributed by atoms with E-state index in [9.17, 15) is 8.42 Å². The fourth-order valence-electron chi connectivity index (χ4n) is 1.93. The van der Waals surface area contributed by atoms with Crippen LogP contribution in [0.5, 0.6) is 0 Å². The molecule has 1 aromatic rings. The zero-order chi connectivity index (χ0) is 14.0. The highest BCUT2D eigenvalue weighted by molar-refractivity contribution is 7.89. The molecule has 0 aliphatic carbocycles. The number of hydrogen-bond acceptors (Lipinski definition) is 4. The summed E-state index contributed by atoms with van der Waals surface area (Å²) in [6.07, 6.45) is 1.28. The number of nitrogens with one attached hydrogen (secondary N) is 2. The Morgan fingerprint density at radius 2 is 2.06 bits per heavy atom. The number of nitrogens with two attached hydrogens (primary N) is 1. The molecule has 18 heavy (non-hydrogen) atoms. The van der Waals surface area contributed by atoms with Crippen molar-refractivity contribution >= 4 is 10.0 Å². The number of hydrogen-bond donors (Lipinski definition) is 3. The molecule has 104 valence electrons. The van der Waals surface area contributed by atoms with Crippen molar-refractivity contribution in [1.82, 2.24) is 14.9 Å². The minimum atomic E-state index is -3.57. The molecule has 0 amide bonds. The summed E-state index contributed by atoms with van der Waals surface area (Å²) in [6, 6.07) is 0. The van der Waals surface area contributed by atoms with Crippen molar-refractivity contribution in [3.05, 3.63) is 11.4 Å². The highest BCUT2D eigenvalue weighted by atomic mass is 32.2. The normalized spacial score (nSPS) is 15.6. The van der Waals surface area contributed by atoms with Gasteiger partial charge in [-0.05, 0) is 40.2 Å². The average molecular weight is 274 g/mol. The lowest BCUT2D eigenvalue weighted by molar-refractivity contribution is 0.379. The third-order valence-electron chi connectivity index (χ3n) is 3.19. The summed E-state index contributed by atoms with van der Waals surface area (Å²) >= 11 is 0. The second-order valence-electron chi connectivity index (χ2n) is 4.82. The van der Waals surface area contributed by atoms with Crippen LogP contribution in [0.25, 0.3) is 0 Å². The fourth-order valence-corrected chi connectivity index (χ4v) is 3.81. The number of aromatic nitrogens is 2. The first kappa shape index (κ1) is 15.1. The largest absolute Gasteiger partial charge is 0.330 e. The van der Waals surface area contributed by atoms with Crippen LogP contribution in [0, 0.1) is 13.8 Å². The van der Waals surface area contributed by atoms with Crippen molar-refractivity contribution in [1.29, 1.82) is 0 Å². The Balaban J connectivity index is 3.09. The maximum atomic E-state index is 12.4. The molecule has 1 heterocycles. The Hall–Kier alpha value is -0.920. The molecule has 1 rings (SSSR count). The van der Waals surface area contributed by atoms with Gasteiger partial charge in [0.15, 0.2) is 0 Å². The average Bonchev–Trinajstić information content (AvgIpc) is 2.58. The first-order chi connectivity index (χ1) is 8.25. The molecule has 1 unspecified atom stereocenters. The molecule has 0 spiro atoms. The second kappa shape index (κ2) is 5.38. The van der Waals surface area contributed by atoms with E-state index in [0.29, 0.717) is 30.8 Å². The van der Waals surface area contributed by atoms with Gasteiger partial charge in [-0.1, -0.05) is 6.92 Å². The van der Waals surface area contributed by atoms with Crippen LogP contribution in [0.2, 0.25) is 0 Å². The zero-order valence-corrected chi connectivity index (χ0v) is 12.2. The third-order valence-corrected chi connectivity index (χ3v) is 5.09. The van der Waals surface area contributed by atoms with Gasteiger partial charge in [-0.25, -0.2) is 13.1 Å². The first-order valence-corrected chi connectivity index (χ1v) is 7.49. The molecule has 0 radical (unpaired) electrons. The number of H-pyrrole nitrogens is 1. The van der Waals surface area contributed by atoms with Gasteiger partial charge in [-0.3, -0.25) is 5.10 Å². The summed E-state index contributed by atoms with van der Waals surface area (Å²) in [4.78, 5) is 0.235. The summed E-state index contributed by atoms with van der Waals surface area (Å²) < 4.78 is 27.5. The lowest BCUT2D eigenvalue weighted by Crippen LogP contribution is -2.46. The van der Waals surface area contributed by atoms with Gasteiger partial charge in [-0.15, -0.1) is 0 Å². The minimum absolute atomic E-state index is 0.235. The number of aryl methyl sites for hydroxylation is 2. The van der Waals surface area contributed by atoms with Crippen molar-refractivity contribution in [3.63, 3.8) is 0 Å². The van der Waals surface area contributed by atoms with Crippen LogP contribution in [0.3, 0.4) is 0 Å². The molecule has 1 atom stereocenters. The lowest BCUT2D eigenvalue weighted by atomic mass is 9.96. The molecular weight excluding hydrogens is 252 g/mol. The molecule has 4 N–H and O–H groups in total. The molecule has 0 fully saturated rings. The van der Waals surface area contributed by atoms with Gasteiger partial charge in [0.05, 0.1) is 11.4 Å². The Morgan fingerprint density at radius 3 is 2.44 bits per heavy atom. The maximum Gasteiger partial charge on any atom is 0.244 e. The number of sulfonamides is 1. The zero-order valence-electron chi connectivity index (χ0n) is 11.4. The van der Waals surface area contributed by atoms with E-state index in [4.69, 9.17) is 5.73 Å². The van der Waals surface area contributed by atoms with Crippen molar-refractivity contribution in [3.8, 4) is 0 Å².